The van der Waals surface area contributed by atoms with Gasteiger partial charge in [-0.1, -0.05) is 12.1 Å². The van der Waals surface area contributed by atoms with Crippen LogP contribution in [0.4, 0.5) is 0 Å². The summed E-state index contributed by atoms with van der Waals surface area (Å²) in [5.74, 6) is 0.939. The van der Waals surface area contributed by atoms with E-state index in [-0.39, 0.29) is 35.3 Å². The Bertz CT molecular complexity index is 388. The third-order valence-electron chi connectivity index (χ3n) is 1.53. The zero-order valence-corrected chi connectivity index (χ0v) is 12.1. The molecule has 0 aliphatic carbocycles. The monoisotopic (exact) mass is 257 g/mol. The van der Waals surface area contributed by atoms with Crippen LogP contribution in [-0.4, -0.2) is 20.1 Å². The molecule has 0 saturated carbocycles. The first kappa shape index (κ1) is 15.3. The molecule has 0 aliphatic rings. The van der Waals surface area contributed by atoms with Gasteiger partial charge in [-0.05, 0) is 17.7 Å². The molecule has 15 heavy (non-hydrogen) atoms. The SMILES string of the molecule is COc1ccc(CSS(=O)(=O)O)cc1.[Na+]. The second kappa shape index (κ2) is 6.78. The summed E-state index contributed by atoms with van der Waals surface area (Å²) in [7, 11) is -1.91. The van der Waals surface area contributed by atoms with E-state index in [0.717, 1.165) is 5.56 Å². The van der Waals surface area contributed by atoms with Gasteiger partial charge in [0.25, 0.3) is 0 Å². The largest absolute Gasteiger partial charge is 1.00 e. The van der Waals surface area contributed by atoms with E-state index in [1.807, 2.05) is 0 Å². The van der Waals surface area contributed by atoms with E-state index in [1.54, 1.807) is 31.4 Å². The van der Waals surface area contributed by atoms with Crippen molar-refractivity contribution in [2.24, 2.45) is 0 Å². The first-order valence-corrected chi connectivity index (χ1v) is 6.70. The van der Waals surface area contributed by atoms with E-state index in [1.165, 1.54) is 0 Å². The topological polar surface area (TPSA) is 63.6 Å². The smallest absolute Gasteiger partial charge is 0.497 e. The van der Waals surface area contributed by atoms with Crippen LogP contribution < -0.4 is 34.3 Å². The van der Waals surface area contributed by atoms with E-state index >= 15 is 0 Å². The molecule has 0 atom stereocenters. The maximum atomic E-state index is 10.4. The number of hydrogen-bond acceptors (Lipinski definition) is 4. The van der Waals surface area contributed by atoms with Gasteiger partial charge in [-0.2, -0.15) is 8.42 Å². The van der Waals surface area contributed by atoms with Crippen LogP contribution in [0, 0.1) is 0 Å². The first-order chi connectivity index (χ1) is 6.51. The normalized spacial score (nSPS) is 10.5. The fraction of sp³-hybridized carbons (Fsp3) is 0.250. The molecule has 0 fully saturated rings. The Labute approximate surface area is 115 Å². The van der Waals surface area contributed by atoms with Crippen molar-refractivity contribution in [2.75, 3.05) is 7.11 Å². The van der Waals surface area contributed by atoms with Crippen molar-refractivity contribution in [3.05, 3.63) is 29.8 Å². The van der Waals surface area contributed by atoms with Gasteiger partial charge >= 0.3 is 38.7 Å². The van der Waals surface area contributed by atoms with Gasteiger partial charge in [0.2, 0.25) is 0 Å². The molecule has 4 nitrogen and oxygen atoms in total. The fourth-order valence-corrected chi connectivity index (χ4v) is 2.20. The molecule has 0 aromatic heterocycles. The first-order valence-electron chi connectivity index (χ1n) is 3.76. The number of hydrogen-bond donors (Lipinski definition) is 1. The van der Waals surface area contributed by atoms with Gasteiger partial charge < -0.3 is 4.74 Å². The van der Waals surface area contributed by atoms with E-state index < -0.39 is 9.15 Å². The van der Waals surface area contributed by atoms with Crippen LogP contribution in [0.15, 0.2) is 24.3 Å². The molecule has 0 aliphatic heterocycles. The molecule has 0 saturated heterocycles. The summed E-state index contributed by atoms with van der Waals surface area (Å²) >= 11 is 0. The zero-order valence-electron chi connectivity index (χ0n) is 8.50. The van der Waals surface area contributed by atoms with Gasteiger partial charge in [0, 0.05) is 16.5 Å². The summed E-state index contributed by atoms with van der Waals surface area (Å²) in [6.45, 7) is 0. The van der Waals surface area contributed by atoms with Crippen molar-refractivity contribution >= 4 is 19.9 Å². The van der Waals surface area contributed by atoms with Crippen LogP contribution in [0.25, 0.3) is 0 Å². The summed E-state index contributed by atoms with van der Waals surface area (Å²) in [6, 6.07) is 6.97. The minimum absolute atomic E-state index is 0. The van der Waals surface area contributed by atoms with E-state index in [0.29, 0.717) is 16.5 Å². The summed E-state index contributed by atoms with van der Waals surface area (Å²) in [5, 5.41) is 0. The van der Waals surface area contributed by atoms with E-state index in [4.69, 9.17) is 9.29 Å². The Kier molecular flexibility index (Phi) is 6.90. The van der Waals surface area contributed by atoms with Gasteiger partial charge in [0.1, 0.15) is 5.75 Å². The Balaban J connectivity index is 0.00000196. The molecule has 0 amide bonds. The number of ether oxygens (including phenoxy) is 1. The predicted molar refractivity (Wildman–Crippen MR) is 55.8 cm³/mol. The van der Waals surface area contributed by atoms with Crippen molar-refractivity contribution in [3.63, 3.8) is 0 Å². The van der Waals surface area contributed by atoms with Gasteiger partial charge in [-0.25, -0.2) is 0 Å². The van der Waals surface area contributed by atoms with Crippen molar-refractivity contribution in [1.82, 2.24) is 0 Å². The zero-order chi connectivity index (χ0) is 10.6. The van der Waals surface area contributed by atoms with Crippen molar-refractivity contribution in [1.29, 1.82) is 0 Å². The fourth-order valence-electron chi connectivity index (χ4n) is 0.864. The average Bonchev–Trinajstić information content (AvgIpc) is 2.14. The summed E-state index contributed by atoms with van der Waals surface area (Å²) in [5.41, 5.74) is 0.813. The second-order valence-electron chi connectivity index (χ2n) is 2.54. The van der Waals surface area contributed by atoms with Crippen LogP contribution in [0.1, 0.15) is 5.56 Å². The van der Waals surface area contributed by atoms with Crippen LogP contribution in [0.3, 0.4) is 0 Å². The Morgan fingerprint density at radius 3 is 2.27 bits per heavy atom. The summed E-state index contributed by atoms with van der Waals surface area (Å²) in [4.78, 5) is 0. The number of methoxy groups -OCH3 is 1. The molecular weight excluding hydrogens is 247 g/mol. The number of benzene rings is 1. The maximum Gasteiger partial charge on any atom is 1.00 e. The molecule has 0 spiro atoms. The van der Waals surface area contributed by atoms with Crippen LogP contribution in [0.2, 0.25) is 0 Å². The maximum absolute atomic E-state index is 10.4. The third-order valence-corrected chi connectivity index (χ3v) is 3.53. The minimum Gasteiger partial charge on any atom is -0.497 e. The van der Waals surface area contributed by atoms with Gasteiger partial charge in [-0.3, -0.25) is 4.55 Å². The molecule has 0 unspecified atom stereocenters. The average molecular weight is 257 g/mol. The van der Waals surface area contributed by atoms with Crippen molar-refractivity contribution in [3.8, 4) is 5.75 Å². The molecule has 1 rings (SSSR count). The summed E-state index contributed by atoms with van der Waals surface area (Å²) in [6.07, 6.45) is 0. The molecule has 0 bridgehead atoms. The molecular formula is C8H10NaO4S2+. The minimum atomic E-state index is -3.95. The molecule has 1 N–H and O–H groups in total. The molecule has 1 aromatic rings. The van der Waals surface area contributed by atoms with Gasteiger partial charge in [0.05, 0.1) is 7.11 Å². The van der Waals surface area contributed by atoms with Gasteiger partial charge in [0.15, 0.2) is 0 Å². The van der Waals surface area contributed by atoms with Crippen LogP contribution >= 0.6 is 10.8 Å². The Hall–Kier alpha value is 0.280. The summed E-state index contributed by atoms with van der Waals surface area (Å²) < 4.78 is 34.3. The third kappa shape index (κ3) is 6.44. The van der Waals surface area contributed by atoms with Crippen molar-refractivity contribution in [2.45, 2.75) is 5.75 Å². The molecule has 7 heteroatoms. The van der Waals surface area contributed by atoms with E-state index in [9.17, 15) is 8.42 Å². The van der Waals surface area contributed by atoms with Crippen LogP contribution in [0.5, 0.6) is 5.75 Å². The van der Waals surface area contributed by atoms with Crippen molar-refractivity contribution < 1.29 is 47.3 Å². The molecule has 0 radical (unpaired) electrons. The number of rotatable bonds is 4. The molecule has 78 valence electrons. The Morgan fingerprint density at radius 2 is 1.87 bits per heavy atom. The quantitative estimate of drug-likeness (QED) is 0.414. The predicted octanol–water partition coefficient (Wildman–Crippen LogP) is -1.26. The van der Waals surface area contributed by atoms with Crippen LogP contribution in [-0.2, 0) is 14.9 Å². The van der Waals surface area contributed by atoms with E-state index in [2.05, 4.69) is 0 Å². The second-order valence-corrected chi connectivity index (χ2v) is 5.89. The molecule has 0 heterocycles. The standard InChI is InChI=1S/C8H10O4S2.Na/c1-12-8-4-2-7(3-5-8)6-13-14(9,10)11;/h2-5H,6H2,1H3,(H,9,10,11);/q;+1. The Morgan fingerprint density at radius 1 is 1.33 bits per heavy atom. The molecule has 1 aromatic carbocycles. The van der Waals surface area contributed by atoms with Gasteiger partial charge in [-0.15, -0.1) is 0 Å².